The molecule has 1 aromatic heterocycles. The van der Waals surface area contributed by atoms with Gasteiger partial charge in [-0.25, -0.2) is 4.90 Å². The summed E-state index contributed by atoms with van der Waals surface area (Å²) >= 11 is 1.88. The van der Waals surface area contributed by atoms with Crippen LogP contribution in [0, 0.1) is 29.6 Å². The fourth-order valence-corrected chi connectivity index (χ4v) is 10.2. The molecule has 4 heteroatoms. The molecule has 7 rings (SSSR count). The predicted molar refractivity (Wildman–Crippen MR) is 150 cm³/mol. The third-order valence-corrected chi connectivity index (χ3v) is 11.2. The van der Waals surface area contributed by atoms with Crippen molar-refractivity contribution in [2.75, 3.05) is 4.90 Å². The quantitative estimate of drug-likeness (QED) is 0.333. The summed E-state index contributed by atoms with van der Waals surface area (Å²) in [6, 6.07) is 22.4. The number of para-hydroxylation sites is 1. The van der Waals surface area contributed by atoms with Gasteiger partial charge in [0.1, 0.15) is 0 Å². The molecule has 4 aliphatic rings. The Morgan fingerprint density at radius 3 is 2.32 bits per heavy atom. The Kier molecular flexibility index (Phi) is 5.17. The molecule has 1 spiro atoms. The molecular formula is C33H33NO2S. The van der Waals surface area contributed by atoms with Crippen molar-refractivity contribution in [2.24, 2.45) is 29.6 Å². The molecule has 0 N–H and O–H groups in total. The van der Waals surface area contributed by atoms with Gasteiger partial charge in [-0.15, -0.1) is 11.3 Å². The van der Waals surface area contributed by atoms with Crippen molar-refractivity contribution in [3.63, 3.8) is 0 Å². The van der Waals surface area contributed by atoms with Gasteiger partial charge in [0, 0.05) is 20.7 Å². The number of carbonyl (C=O) groups is 2. The third kappa shape index (κ3) is 3.11. The van der Waals surface area contributed by atoms with Crippen molar-refractivity contribution in [3.05, 3.63) is 82.7 Å². The van der Waals surface area contributed by atoms with Gasteiger partial charge in [-0.1, -0.05) is 62.4 Å². The maximum absolute atomic E-state index is 14.5. The van der Waals surface area contributed by atoms with E-state index >= 15 is 0 Å². The third-order valence-electron chi connectivity index (χ3n) is 9.89. The Balaban J connectivity index is 1.49. The monoisotopic (exact) mass is 507 g/mol. The molecule has 3 fully saturated rings. The lowest BCUT2D eigenvalue weighted by atomic mass is 9.45. The Morgan fingerprint density at radius 2 is 1.59 bits per heavy atom. The van der Waals surface area contributed by atoms with Crippen molar-refractivity contribution in [1.29, 1.82) is 0 Å². The van der Waals surface area contributed by atoms with Crippen LogP contribution in [0.2, 0.25) is 0 Å². The summed E-state index contributed by atoms with van der Waals surface area (Å²) < 4.78 is 0. The summed E-state index contributed by atoms with van der Waals surface area (Å²) in [5.74, 6) is 1.58. The molecule has 2 heterocycles. The van der Waals surface area contributed by atoms with Crippen molar-refractivity contribution < 1.29 is 9.59 Å². The number of allylic oxidation sites excluding steroid dienone is 1. The summed E-state index contributed by atoms with van der Waals surface area (Å²) in [5.41, 5.74) is 4.52. The first-order chi connectivity index (χ1) is 17.9. The lowest BCUT2D eigenvalue weighted by Gasteiger charge is -2.58. The number of hydrogen-bond acceptors (Lipinski definition) is 3. The van der Waals surface area contributed by atoms with Gasteiger partial charge in [0.25, 0.3) is 5.91 Å². The first-order valence-corrected chi connectivity index (χ1v) is 14.6. The van der Waals surface area contributed by atoms with Gasteiger partial charge >= 0.3 is 0 Å². The minimum Gasteiger partial charge on any atom is -0.273 e. The summed E-state index contributed by atoms with van der Waals surface area (Å²) in [7, 11) is 0. The molecule has 37 heavy (non-hydrogen) atoms. The van der Waals surface area contributed by atoms with Crippen LogP contribution in [-0.2, 0) is 15.0 Å². The van der Waals surface area contributed by atoms with Gasteiger partial charge in [-0.05, 0) is 91.2 Å². The average Bonchev–Trinajstić information content (AvgIpc) is 3.45. The Morgan fingerprint density at radius 1 is 0.892 bits per heavy atom. The highest BCUT2D eigenvalue weighted by Crippen LogP contribution is 2.66. The normalized spacial score (nSPS) is 32.6. The van der Waals surface area contributed by atoms with Gasteiger partial charge in [0.15, 0.2) is 0 Å². The fourth-order valence-electron chi connectivity index (χ4n) is 8.61. The lowest BCUT2D eigenvalue weighted by Crippen LogP contribution is -2.57. The minimum atomic E-state index is -0.402. The van der Waals surface area contributed by atoms with E-state index in [4.69, 9.17) is 0 Å². The van der Waals surface area contributed by atoms with Crippen molar-refractivity contribution in [3.8, 4) is 10.4 Å². The van der Waals surface area contributed by atoms with Crippen LogP contribution in [0.1, 0.15) is 56.9 Å². The van der Waals surface area contributed by atoms with Gasteiger partial charge in [0.05, 0.1) is 11.6 Å². The summed E-state index contributed by atoms with van der Waals surface area (Å²) in [5, 5.41) is 0. The molecule has 2 amide bonds. The zero-order valence-corrected chi connectivity index (χ0v) is 22.6. The number of fused-ring (bicyclic) bond motifs is 7. The SMILES string of the molecule is CC1=C2C(=O)N(c3ccccc3)C(=O)C2C2(c3sc(-c4ccccc4)cc31)C(C)CC1CC(C)CC2C1. The number of anilines is 1. The van der Waals surface area contributed by atoms with Crippen LogP contribution in [-0.4, -0.2) is 11.8 Å². The predicted octanol–water partition coefficient (Wildman–Crippen LogP) is 7.72. The van der Waals surface area contributed by atoms with Crippen molar-refractivity contribution >= 4 is 34.4 Å². The molecule has 3 nitrogen and oxygen atoms in total. The van der Waals surface area contributed by atoms with E-state index in [-0.39, 0.29) is 17.2 Å². The van der Waals surface area contributed by atoms with Gasteiger partial charge in [-0.2, -0.15) is 0 Å². The second-order valence-corrected chi connectivity index (χ2v) is 13.0. The number of amides is 2. The van der Waals surface area contributed by atoms with Gasteiger partial charge in [0.2, 0.25) is 5.91 Å². The first kappa shape index (κ1) is 23.2. The summed E-state index contributed by atoms with van der Waals surface area (Å²) in [6.45, 7) is 6.84. The van der Waals surface area contributed by atoms with E-state index in [0.29, 0.717) is 23.4 Å². The molecule has 0 radical (unpaired) electrons. The van der Waals surface area contributed by atoms with Crippen LogP contribution in [0.25, 0.3) is 16.0 Å². The Labute approximate surface area is 223 Å². The van der Waals surface area contributed by atoms with E-state index in [1.165, 1.54) is 38.6 Å². The zero-order valence-electron chi connectivity index (χ0n) is 21.7. The largest absolute Gasteiger partial charge is 0.273 e. The molecule has 3 aliphatic carbocycles. The molecule has 3 aromatic rings. The van der Waals surface area contributed by atoms with Crippen LogP contribution in [0.5, 0.6) is 0 Å². The average molecular weight is 508 g/mol. The molecule has 1 aliphatic heterocycles. The topological polar surface area (TPSA) is 37.4 Å². The number of benzene rings is 2. The van der Waals surface area contributed by atoms with Crippen LogP contribution in [0.15, 0.2) is 72.3 Å². The molecule has 1 saturated heterocycles. The second-order valence-electron chi connectivity index (χ2n) is 12.0. The maximum Gasteiger partial charge on any atom is 0.262 e. The highest BCUT2D eigenvalue weighted by molar-refractivity contribution is 7.16. The standard InChI is InChI=1S/C33H33NO2S/c1-19-14-22-16-20(2)33(24(15-19)17-22)29-28(31(35)34(32(29)36)25-12-8-5-9-13-25)21(3)26-18-27(37-30(26)33)23-10-6-4-7-11-23/h4-13,18-20,22,24,29H,14-17H2,1-3H3. The molecular weight excluding hydrogens is 474 g/mol. The van der Waals surface area contributed by atoms with E-state index in [1.807, 2.05) is 41.7 Å². The molecule has 188 valence electrons. The number of carbonyl (C=O) groups excluding carboxylic acids is 2. The second kappa shape index (κ2) is 8.26. The summed E-state index contributed by atoms with van der Waals surface area (Å²) in [4.78, 5) is 32.8. The Hall–Kier alpha value is -2.98. The Bertz CT molecular complexity index is 1430. The van der Waals surface area contributed by atoms with Crippen molar-refractivity contribution in [1.82, 2.24) is 0 Å². The maximum atomic E-state index is 14.5. The lowest BCUT2D eigenvalue weighted by molar-refractivity contribution is -0.126. The number of nitrogens with zero attached hydrogens (tertiary/aromatic N) is 1. The van der Waals surface area contributed by atoms with E-state index in [0.717, 1.165) is 29.9 Å². The highest BCUT2D eigenvalue weighted by atomic mass is 32.1. The van der Waals surface area contributed by atoms with Gasteiger partial charge < -0.3 is 0 Å². The van der Waals surface area contributed by atoms with E-state index in [2.05, 4.69) is 57.2 Å². The van der Waals surface area contributed by atoms with E-state index < -0.39 is 5.92 Å². The number of imide groups is 1. The van der Waals surface area contributed by atoms with Crippen LogP contribution >= 0.6 is 11.3 Å². The molecule has 2 bridgehead atoms. The summed E-state index contributed by atoms with van der Waals surface area (Å²) in [6.07, 6.45) is 4.73. The highest BCUT2D eigenvalue weighted by Gasteiger charge is 2.66. The van der Waals surface area contributed by atoms with E-state index in [1.54, 1.807) is 0 Å². The van der Waals surface area contributed by atoms with E-state index in [9.17, 15) is 9.59 Å². The van der Waals surface area contributed by atoms with Gasteiger partial charge in [-0.3, -0.25) is 9.59 Å². The molecule has 6 unspecified atom stereocenters. The number of thiophene rings is 1. The number of hydrogen-bond donors (Lipinski definition) is 0. The van der Waals surface area contributed by atoms with Crippen molar-refractivity contribution in [2.45, 2.75) is 51.9 Å². The number of rotatable bonds is 2. The first-order valence-electron chi connectivity index (χ1n) is 13.8. The van der Waals surface area contributed by atoms with Crippen LogP contribution < -0.4 is 4.90 Å². The molecule has 2 aromatic carbocycles. The van der Waals surface area contributed by atoms with Crippen LogP contribution in [0.4, 0.5) is 5.69 Å². The minimum absolute atomic E-state index is 0.0191. The molecule has 2 saturated carbocycles. The fraction of sp³-hybridized carbons (Fsp3) is 0.394. The smallest absolute Gasteiger partial charge is 0.262 e. The van der Waals surface area contributed by atoms with Crippen LogP contribution in [0.3, 0.4) is 0 Å². The zero-order chi connectivity index (χ0) is 25.5. The molecule has 6 atom stereocenters.